The average molecular weight is 360 g/mol. The summed E-state index contributed by atoms with van der Waals surface area (Å²) in [5, 5.41) is 14.5. The van der Waals surface area contributed by atoms with Crippen molar-refractivity contribution in [2.75, 3.05) is 12.4 Å². The summed E-state index contributed by atoms with van der Waals surface area (Å²) in [7, 11) is 1.52. The van der Waals surface area contributed by atoms with Crippen molar-refractivity contribution in [3.8, 4) is 11.5 Å². The number of anilines is 1. The number of carbonyl (C=O) groups excluding carboxylic acids is 1. The van der Waals surface area contributed by atoms with Crippen molar-refractivity contribution >= 4 is 22.4 Å². The standard InChI is InChI=1S/C16H16N4O4S/c1-9-12(10(2)24-20-9)7-23-13-5-4-11(6-14(13)22-3)15(21)18-16-19-17-8-25-16/h4-6,8H,7H2,1-3H3,(H,18,19,21). The predicted octanol–water partition coefficient (Wildman–Crippen LogP) is 2.98. The Hall–Kier alpha value is -2.94. The molecule has 0 fully saturated rings. The smallest absolute Gasteiger partial charge is 0.257 e. The summed E-state index contributed by atoms with van der Waals surface area (Å²) in [6, 6.07) is 4.95. The number of benzene rings is 1. The fourth-order valence-electron chi connectivity index (χ4n) is 2.18. The fraction of sp³-hybridized carbons (Fsp3) is 0.250. The van der Waals surface area contributed by atoms with Crippen LogP contribution < -0.4 is 14.8 Å². The van der Waals surface area contributed by atoms with Crippen LogP contribution in [0.15, 0.2) is 28.2 Å². The van der Waals surface area contributed by atoms with E-state index in [4.69, 9.17) is 14.0 Å². The zero-order valence-corrected chi connectivity index (χ0v) is 14.7. The first-order valence-corrected chi connectivity index (χ1v) is 8.26. The number of hydrogen-bond acceptors (Lipinski definition) is 8. The van der Waals surface area contributed by atoms with Crippen LogP contribution in [0.3, 0.4) is 0 Å². The lowest BCUT2D eigenvalue weighted by Gasteiger charge is -2.12. The van der Waals surface area contributed by atoms with Gasteiger partial charge in [-0.25, -0.2) is 0 Å². The minimum atomic E-state index is -0.299. The quantitative estimate of drug-likeness (QED) is 0.721. The molecule has 0 bridgehead atoms. The van der Waals surface area contributed by atoms with Crippen LogP contribution in [0.2, 0.25) is 0 Å². The molecule has 1 aromatic carbocycles. The van der Waals surface area contributed by atoms with Gasteiger partial charge in [-0.15, -0.1) is 10.2 Å². The van der Waals surface area contributed by atoms with E-state index in [0.29, 0.717) is 34.6 Å². The molecule has 3 aromatic rings. The molecule has 8 nitrogen and oxygen atoms in total. The van der Waals surface area contributed by atoms with Crippen LogP contribution in [0.1, 0.15) is 27.4 Å². The molecule has 1 amide bonds. The van der Waals surface area contributed by atoms with Crippen molar-refractivity contribution in [3.05, 3.63) is 46.3 Å². The van der Waals surface area contributed by atoms with Crippen LogP contribution in [0, 0.1) is 13.8 Å². The highest BCUT2D eigenvalue weighted by Gasteiger charge is 2.15. The molecule has 1 N–H and O–H groups in total. The molecule has 130 valence electrons. The average Bonchev–Trinajstić information content (AvgIpc) is 3.23. The summed E-state index contributed by atoms with van der Waals surface area (Å²) in [5.74, 6) is 1.39. The minimum Gasteiger partial charge on any atom is -0.493 e. The first kappa shape index (κ1) is 16.9. The maximum Gasteiger partial charge on any atom is 0.257 e. The Morgan fingerprint density at radius 3 is 2.80 bits per heavy atom. The normalized spacial score (nSPS) is 10.5. The number of ether oxygens (including phenoxy) is 2. The molecule has 9 heteroatoms. The van der Waals surface area contributed by atoms with Gasteiger partial charge in [0.05, 0.1) is 18.4 Å². The van der Waals surface area contributed by atoms with Crippen molar-refractivity contribution in [3.63, 3.8) is 0 Å². The Kier molecular flexibility index (Phi) is 4.94. The van der Waals surface area contributed by atoms with Crippen molar-refractivity contribution in [1.29, 1.82) is 0 Å². The summed E-state index contributed by atoms with van der Waals surface area (Å²) in [4.78, 5) is 12.2. The minimum absolute atomic E-state index is 0.299. The molecule has 0 saturated heterocycles. The van der Waals surface area contributed by atoms with E-state index in [1.165, 1.54) is 18.4 Å². The lowest BCUT2D eigenvalue weighted by Crippen LogP contribution is -2.12. The molecule has 2 aromatic heterocycles. The third-order valence-corrected chi connectivity index (χ3v) is 4.17. The van der Waals surface area contributed by atoms with E-state index in [0.717, 1.165) is 11.3 Å². The molecule has 2 heterocycles. The summed E-state index contributed by atoms with van der Waals surface area (Å²) in [5.41, 5.74) is 3.64. The summed E-state index contributed by atoms with van der Waals surface area (Å²) in [6.07, 6.45) is 0. The zero-order chi connectivity index (χ0) is 17.8. The molecular weight excluding hydrogens is 344 g/mol. The first-order valence-electron chi connectivity index (χ1n) is 7.38. The highest BCUT2D eigenvalue weighted by molar-refractivity contribution is 7.13. The first-order chi connectivity index (χ1) is 12.1. The Labute approximate surface area is 147 Å². The van der Waals surface area contributed by atoms with Gasteiger partial charge in [-0.1, -0.05) is 16.5 Å². The van der Waals surface area contributed by atoms with E-state index in [1.807, 2.05) is 13.8 Å². The highest BCUT2D eigenvalue weighted by Crippen LogP contribution is 2.30. The van der Waals surface area contributed by atoms with Crippen molar-refractivity contribution in [2.45, 2.75) is 20.5 Å². The number of methoxy groups -OCH3 is 1. The van der Waals surface area contributed by atoms with Gasteiger partial charge in [0.25, 0.3) is 5.91 Å². The van der Waals surface area contributed by atoms with Crippen molar-refractivity contribution in [1.82, 2.24) is 15.4 Å². The molecule has 0 radical (unpaired) electrons. The SMILES string of the molecule is COc1cc(C(=O)Nc2nncs2)ccc1OCc1c(C)noc1C. The van der Waals surface area contributed by atoms with E-state index in [1.54, 1.807) is 23.7 Å². The van der Waals surface area contributed by atoms with Gasteiger partial charge in [-0.05, 0) is 32.0 Å². The third kappa shape index (κ3) is 3.77. The van der Waals surface area contributed by atoms with E-state index in [2.05, 4.69) is 20.7 Å². The number of aromatic nitrogens is 3. The van der Waals surface area contributed by atoms with Gasteiger partial charge in [0.15, 0.2) is 11.5 Å². The zero-order valence-electron chi connectivity index (χ0n) is 13.9. The third-order valence-electron chi connectivity index (χ3n) is 3.56. The van der Waals surface area contributed by atoms with Gasteiger partial charge >= 0.3 is 0 Å². The van der Waals surface area contributed by atoms with Gasteiger partial charge in [0, 0.05) is 5.56 Å². The molecule has 0 spiro atoms. The van der Waals surface area contributed by atoms with Crippen molar-refractivity contribution in [2.24, 2.45) is 0 Å². The monoisotopic (exact) mass is 360 g/mol. The number of nitrogens with zero attached hydrogens (tertiary/aromatic N) is 3. The summed E-state index contributed by atoms with van der Waals surface area (Å²) in [6.45, 7) is 3.98. The van der Waals surface area contributed by atoms with Crippen molar-refractivity contribution < 1.29 is 18.8 Å². The summed E-state index contributed by atoms with van der Waals surface area (Å²) >= 11 is 1.24. The maximum atomic E-state index is 12.2. The topological polar surface area (TPSA) is 99.4 Å². The molecule has 0 aliphatic heterocycles. The molecule has 0 unspecified atom stereocenters. The van der Waals surface area contributed by atoms with Gasteiger partial charge in [0.2, 0.25) is 5.13 Å². The number of amides is 1. The molecule has 0 saturated carbocycles. The second-order valence-electron chi connectivity index (χ2n) is 5.16. The summed E-state index contributed by atoms with van der Waals surface area (Å²) < 4.78 is 16.2. The second-order valence-corrected chi connectivity index (χ2v) is 5.99. The van der Waals surface area contributed by atoms with Crippen LogP contribution in [-0.2, 0) is 6.61 Å². The number of hydrogen-bond donors (Lipinski definition) is 1. The van der Waals surface area contributed by atoms with E-state index >= 15 is 0 Å². The Morgan fingerprint density at radius 2 is 2.16 bits per heavy atom. The van der Waals surface area contributed by atoms with Crippen LogP contribution in [0.5, 0.6) is 11.5 Å². The lowest BCUT2D eigenvalue weighted by atomic mass is 10.2. The van der Waals surface area contributed by atoms with E-state index in [-0.39, 0.29) is 5.91 Å². The largest absolute Gasteiger partial charge is 0.493 e. The number of carbonyl (C=O) groups is 1. The van der Waals surface area contributed by atoms with E-state index < -0.39 is 0 Å². The lowest BCUT2D eigenvalue weighted by molar-refractivity contribution is 0.102. The molecule has 0 aliphatic rings. The maximum absolute atomic E-state index is 12.2. The van der Waals surface area contributed by atoms with Gasteiger partial charge < -0.3 is 14.0 Å². The number of aryl methyl sites for hydroxylation is 2. The van der Waals surface area contributed by atoms with Crippen LogP contribution in [0.4, 0.5) is 5.13 Å². The second kappa shape index (κ2) is 7.31. The Bertz CT molecular complexity index is 857. The van der Waals surface area contributed by atoms with Crippen LogP contribution >= 0.6 is 11.3 Å². The van der Waals surface area contributed by atoms with Gasteiger partial charge in [0.1, 0.15) is 17.9 Å². The van der Waals surface area contributed by atoms with Gasteiger partial charge in [-0.2, -0.15) is 0 Å². The molecule has 25 heavy (non-hydrogen) atoms. The highest BCUT2D eigenvalue weighted by atomic mass is 32.1. The van der Waals surface area contributed by atoms with E-state index in [9.17, 15) is 4.79 Å². The molecule has 0 atom stereocenters. The Balaban J connectivity index is 1.74. The molecule has 0 aliphatic carbocycles. The number of nitrogens with one attached hydrogen (secondary N) is 1. The van der Waals surface area contributed by atoms with Crippen LogP contribution in [-0.4, -0.2) is 28.4 Å². The van der Waals surface area contributed by atoms with Gasteiger partial charge in [-0.3, -0.25) is 10.1 Å². The fourth-order valence-corrected chi connectivity index (χ4v) is 2.62. The Morgan fingerprint density at radius 1 is 1.32 bits per heavy atom. The molecule has 3 rings (SSSR count). The molecular formula is C16H16N4O4S. The number of rotatable bonds is 6. The predicted molar refractivity (Wildman–Crippen MR) is 91.2 cm³/mol. The van der Waals surface area contributed by atoms with Crippen LogP contribution in [0.25, 0.3) is 0 Å².